The van der Waals surface area contributed by atoms with Gasteiger partial charge in [0.1, 0.15) is 0 Å². The first-order chi connectivity index (χ1) is 13.8. The molecular weight excluding hydrogens is 350 g/mol. The van der Waals surface area contributed by atoms with Crippen LogP contribution in [0, 0.1) is 0 Å². The van der Waals surface area contributed by atoms with Crippen LogP contribution in [0.1, 0.15) is 17.5 Å². The van der Waals surface area contributed by atoms with Crippen LogP contribution >= 0.6 is 0 Å². The van der Waals surface area contributed by atoms with Gasteiger partial charge in [0.25, 0.3) is 0 Å². The number of rotatable bonds is 11. The fourth-order valence-electron chi connectivity index (χ4n) is 3.06. The minimum absolute atomic E-state index is 0.653. The molecule has 146 valence electrons. The number of aromatic nitrogens is 2. The van der Waals surface area contributed by atoms with Crippen molar-refractivity contribution in [1.82, 2.24) is 14.9 Å². The van der Waals surface area contributed by atoms with Crippen molar-refractivity contribution in [2.45, 2.75) is 19.4 Å². The van der Waals surface area contributed by atoms with Crippen molar-refractivity contribution in [3.05, 3.63) is 84.4 Å². The van der Waals surface area contributed by atoms with E-state index in [9.17, 15) is 0 Å². The summed E-state index contributed by atoms with van der Waals surface area (Å²) in [7, 11) is 1.66. The molecule has 2 heterocycles. The summed E-state index contributed by atoms with van der Waals surface area (Å²) in [6.45, 7) is 3.48. The molecule has 0 saturated heterocycles. The average Bonchev–Trinajstić information content (AvgIpc) is 2.76. The van der Waals surface area contributed by atoms with E-state index >= 15 is 0 Å². The van der Waals surface area contributed by atoms with Crippen LogP contribution in [-0.2, 0) is 13.0 Å². The maximum atomic E-state index is 5.92. The fraction of sp³-hybridized carbons (Fsp3) is 0.304. The molecule has 3 aromatic rings. The van der Waals surface area contributed by atoms with E-state index in [1.165, 1.54) is 11.1 Å². The molecule has 0 spiro atoms. The summed E-state index contributed by atoms with van der Waals surface area (Å²) in [6, 6.07) is 16.0. The van der Waals surface area contributed by atoms with E-state index in [-0.39, 0.29) is 0 Å². The zero-order valence-corrected chi connectivity index (χ0v) is 16.3. The zero-order chi connectivity index (χ0) is 19.4. The highest BCUT2D eigenvalue weighted by atomic mass is 16.5. The molecule has 0 aliphatic rings. The molecule has 0 amide bonds. The van der Waals surface area contributed by atoms with Crippen molar-refractivity contribution in [3.63, 3.8) is 0 Å². The molecule has 3 rings (SSSR count). The maximum absolute atomic E-state index is 5.92. The third-order valence-corrected chi connectivity index (χ3v) is 4.54. The number of methoxy groups -OCH3 is 1. The maximum Gasteiger partial charge on any atom is 0.161 e. The highest BCUT2D eigenvalue weighted by Crippen LogP contribution is 2.25. The first kappa shape index (κ1) is 19.8. The second-order valence-corrected chi connectivity index (χ2v) is 6.60. The van der Waals surface area contributed by atoms with Gasteiger partial charge in [0.05, 0.1) is 13.7 Å². The zero-order valence-electron chi connectivity index (χ0n) is 16.3. The Labute approximate surface area is 167 Å². The summed E-state index contributed by atoms with van der Waals surface area (Å²) >= 11 is 0. The Morgan fingerprint density at radius 3 is 2.39 bits per heavy atom. The molecule has 1 aromatic carbocycles. The number of pyridine rings is 2. The summed E-state index contributed by atoms with van der Waals surface area (Å²) in [5.41, 5.74) is 2.53. The third kappa shape index (κ3) is 6.35. The van der Waals surface area contributed by atoms with Crippen molar-refractivity contribution in [2.24, 2.45) is 0 Å². The predicted octanol–water partition coefficient (Wildman–Crippen LogP) is 4.00. The Balaban J connectivity index is 1.52. The van der Waals surface area contributed by atoms with Crippen LogP contribution in [0.25, 0.3) is 0 Å². The van der Waals surface area contributed by atoms with Gasteiger partial charge in [-0.3, -0.25) is 14.9 Å². The monoisotopic (exact) mass is 377 g/mol. The van der Waals surface area contributed by atoms with Gasteiger partial charge in [-0.1, -0.05) is 18.2 Å². The lowest BCUT2D eigenvalue weighted by atomic mass is 10.2. The molecule has 28 heavy (non-hydrogen) atoms. The van der Waals surface area contributed by atoms with Crippen LogP contribution in [0.5, 0.6) is 11.5 Å². The molecule has 2 aromatic heterocycles. The molecule has 5 nitrogen and oxygen atoms in total. The van der Waals surface area contributed by atoms with Crippen LogP contribution < -0.4 is 9.47 Å². The smallest absolute Gasteiger partial charge is 0.161 e. The van der Waals surface area contributed by atoms with Gasteiger partial charge in [-0.15, -0.1) is 0 Å². The standard InChI is InChI=1S/C23H27N3O2/c1-27-22-7-2-3-8-23(22)28-17-5-15-26(19-21-9-13-24-14-10-21)16-11-20-6-4-12-25-18-20/h2-4,6-10,12-14,18H,5,11,15-17,19H2,1H3. The first-order valence-electron chi connectivity index (χ1n) is 9.61. The predicted molar refractivity (Wildman–Crippen MR) is 111 cm³/mol. The SMILES string of the molecule is COc1ccccc1OCCCN(CCc1cccnc1)Cc1ccncc1. The molecule has 0 aliphatic heterocycles. The second kappa shape index (κ2) is 11.0. The van der Waals surface area contributed by atoms with Gasteiger partial charge in [0, 0.05) is 44.4 Å². The lowest BCUT2D eigenvalue weighted by molar-refractivity contribution is 0.225. The van der Waals surface area contributed by atoms with E-state index in [1.54, 1.807) is 7.11 Å². The van der Waals surface area contributed by atoms with Crippen molar-refractivity contribution in [1.29, 1.82) is 0 Å². The van der Waals surface area contributed by atoms with Gasteiger partial charge >= 0.3 is 0 Å². The van der Waals surface area contributed by atoms with E-state index in [4.69, 9.17) is 9.47 Å². The Morgan fingerprint density at radius 1 is 0.821 bits per heavy atom. The van der Waals surface area contributed by atoms with E-state index in [0.717, 1.165) is 44.0 Å². The van der Waals surface area contributed by atoms with Crippen LogP contribution in [-0.4, -0.2) is 41.7 Å². The summed E-state index contributed by atoms with van der Waals surface area (Å²) in [5.74, 6) is 1.56. The third-order valence-electron chi connectivity index (χ3n) is 4.54. The second-order valence-electron chi connectivity index (χ2n) is 6.60. The number of nitrogens with zero attached hydrogens (tertiary/aromatic N) is 3. The number of benzene rings is 1. The fourth-order valence-corrected chi connectivity index (χ4v) is 3.06. The quantitative estimate of drug-likeness (QED) is 0.473. The van der Waals surface area contributed by atoms with Crippen molar-refractivity contribution >= 4 is 0 Å². The van der Waals surface area contributed by atoms with Crippen LogP contribution in [0.2, 0.25) is 0 Å². The minimum atomic E-state index is 0.653. The van der Waals surface area contributed by atoms with E-state index in [2.05, 4.69) is 33.1 Å². The summed E-state index contributed by atoms with van der Waals surface area (Å²) < 4.78 is 11.3. The molecule has 0 fully saturated rings. The Kier molecular flexibility index (Phi) is 7.82. The largest absolute Gasteiger partial charge is 0.493 e. The minimum Gasteiger partial charge on any atom is -0.493 e. The molecular formula is C23H27N3O2. The highest BCUT2D eigenvalue weighted by Gasteiger charge is 2.08. The highest BCUT2D eigenvalue weighted by molar-refractivity contribution is 5.39. The van der Waals surface area contributed by atoms with Gasteiger partial charge in [-0.2, -0.15) is 0 Å². The van der Waals surface area contributed by atoms with Crippen molar-refractivity contribution in [3.8, 4) is 11.5 Å². The van der Waals surface area contributed by atoms with Crippen LogP contribution in [0.4, 0.5) is 0 Å². The Bertz CT molecular complexity index is 812. The topological polar surface area (TPSA) is 47.5 Å². The molecule has 0 N–H and O–H groups in total. The molecule has 0 aliphatic carbocycles. The lowest BCUT2D eigenvalue weighted by Crippen LogP contribution is -2.28. The molecule has 0 saturated carbocycles. The van der Waals surface area contributed by atoms with Crippen LogP contribution in [0.15, 0.2) is 73.3 Å². The van der Waals surface area contributed by atoms with Gasteiger partial charge in [0.2, 0.25) is 0 Å². The number of ether oxygens (including phenoxy) is 2. The summed E-state index contributed by atoms with van der Waals surface area (Å²) in [5, 5.41) is 0. The molecule has 0 radical (unpaired) electrons. The van der Waals surface area contributed by atoms with Crippen molar-refractivity contribution < 1.29 is 9.47 Å². The first-order valence-corrected chi connectivity index (χ1v) is 9.61. The van der Waals surface area contributed by atoms with Gasteiger partial charge < -0.3 is 9.47 Å². The Morgan fingerprint density at radius 2 is 1.64 bits per heavy atom. The lowest BCUT2D eigenvalue weighted by Gasteiger charge is -2.22. The van der Waals surface area contributed by atoms with E-state index in [1.807, 2.05) is 55.1 Å². The summed E-state index contributed by atoms with van der Waals surface area (Å²) in [6.07, 6.45) is 9.37. The average molecular weight is 377 g/mol. The molecule has 5 heteroatoms. The van der Waals surface area contributed by atoms with Gasteiger partial charge in [-0.05, 0) is 54.3 Å². The molecule has 0 atom stereocenters. The van der Waals surface area contributed by atoms with Gasteiger partial charge in [0.15, 0.2) is 11.5 Å². The molecule has 0 bridgehead atoms. The number of hydrogen-bond donors (Lipinski definition) is 0. The van der Waals surface area contributed by atoms with Gasteiger partial charge in [-0.25, -0.2) is 0 Å². The van der Waals surface area contributed by atoms with Crippen molar-refractivity contribution in [2.75, 3.05) is 26.8 Å². The number of para-hydroxylation sites is 2. The van der Waals surface area contributed by atoms with E-state index in [0.29, 0.717) is 6.61 Å². The molecule has 0 unspecified atom stereocenters. The summed E-state index contributed by atoms with van der Waals surface area (Å²) in [4.78, 5) is 10.8. The van der Waals surface area contributed by atoms with E-state index < -0.39 is 0 Å². The van der Waals surface area contributed by atoms with Crippen LogP contribution in [0.3, 0.4) is 0 Å². The Hall–Kier alpha value is -2.92. The normalized spacial score (nSPS) is 10.8. The number of hydrogen-bond acceptors (Lipinski definition) is 5.